The highest BCUT2D eigenvalue weighted by molar-refractivity contribution is 8.14. The smallest absolute Gasteiger partial charge is 0.334 e. The monoisotopic (exact) mass is 519 g/mol. The summed E-state index contributed by atoms with van der Waals surface area (Å²) in [5, 5.41) is 5.95. The van der Waals surface area contributed by atoms with Crippen LogP contribution in [0, 0.1) is 0 Å². The van der Waals surface area contributed by atoms with Crippen LogP contribution in [0.2, 0.25) is 0 Å². The van der Waals surface area contributed by atoms with Crippen molar-refractivity contribution in [1.29, 1.82) is 0 Å². The molecular formula is C27H26N3O2PS2. The molecule has 0 aliphatic heterocycles. The third-order valence-electron chi connectivity index (χ3n) is 5.12. The fraction of sp³-hybridized carbons (Fsp3) is 0.0741. The predicted octanol–water partition coefficient (Wildman–Crippen LogP) is 5.63. The molecule has 0 aliphatic rings. The first-order chi connectivity index (χ1) is 17.0. The van der Waals surface area contributed by atoms with E-state index < -0.39 is 17.3 Å². The minimum absolute atomic E-state index is 0.287. The molecule has 0 saturated carbocycles. The van der Waals surface area contributed by atoms with E-state index in [0.29, 0.717) is 5.75 Å². The summed E-state index contributed by atoms with van der Waals surface area (Å²) in [6.45, 7) is 1.95. The van der Waals surface area contributed by atoms with Crippen LogP contribution in [-0.4, -0.2) is 19.3 Å². The summed E-state index contributed by atoms with van der Waals surface area (Å²) >= 11 is 1.32. The number of nitrogens with zero attached hydrogens (tertiary/aromatic N) is 2. The molecule has 0 amide bonds. The van der Waals surface area contributed by atoms with Crippen molar-refractivity contribution in [2.75, 3.05) is 11.1 Å². The van der Waals surface area contributed by atoms with Crippen LogP contribution in [-0.2, 0) is 10.2 Å². The fourth-order valence-corrected chi connectivity index (χ4v) is 10.1. The lowest BCUT2D eigenvalue weighted by Gasteiger charge is -2.25. The lowest BCUT2D eigenvalue weighted by molar-refractivity contribution is 0.600. The molecule has 0 heterocycles. The molecule has 4 aromatic carbocycles. The second-order valence-corrected chi connectivity index (χ2v) is 13.3. The first kappa shape index (κ1) is 25.0. The zero-order chi connectivity index (χ0) is 24.6. The number of thioether (sulfide) groups is 1. The van der Waals surface area contributed by atoms with Gasteiger partial charge in [-0.3, -0.25) is 0 Å². The molecule has 0 radical (unpaired) electrons. The van der Waals surface area contributed by atoms with Crippen LogP contribution in [0.15, 0.2) is 130 Å². The summed E-state index contributed by atoms with van der Waals surface area (Å²) in [6, 6.07) is 38.3. The highest BCUT2D eigenvalue weighted by Gasteiger charge is 2.30. The Morgan fingerprint density at radius 2 is 1.11 bits per heavy atom. The van der Waals surface area contributed by atoms with Crippen molar-refractivity contribution in [3.8, 4) is 0 Å². The zero-order valence-electron chi connectivity index (χ0n) is 19.2. The minimum Gasteiger partial charge on any atom is -0.334 e. The molecule has 178 valence electrons. The maximum atomic E-state index is 13.7. The van der Waals surface area contributed by atoms with Gasteiger partial charge in [0, 0.05) is 21.6 Å². The quantitative estimate of drug-likeness (QED) is 0.195. The molecule has 8 heteroatoms. The number of rotatable bonds is 7. The number of hydrogen-bond donors (Lipinski definition) is 1. The predicted molar refractivity (Wildman–Crippen MR) is 152 cm³/mol. The number of anilines is 1. The van der Waals surface area contributed by atoms with Crippen LogP contribution in [0.3, 0.4) is 0 Å². The van der Waals surface area contributed by atoms with E-state index in [-0.39, 0.29) is 5.17 Å². The minimum atomic E-state index is -4.25. The summed E-state index contributed by atoms with van der Waals surface area (Å²) < 4.78 is 36.1. The van der Waals surface area contributed by atoms with Gasteiger partial charge in [-0.25, -0.2) is 0 Å². The maximum absolute atomic E-state index is 13.7. The van der Waals surface area contributed by atoms with Gasteiger partial charge >= 0.3 is 10.2 Å². The molecule has 1 N–H and O–H groups in total. The van der Waals surface area contributed by atoms with Crippen LogP contribution in [0.1, 0.15) is 6.92 Å². The summed E-state index contributed by atoms with van der Waals surface area (Å²) in [5.74, 6) is 0.657. The van der Waals surface area contributed by atoms with Crippen molar-refractivity contribution < 1.29 is 8.42 Å². The Balaban J connectivity index is 1.97. The second-order valence-electron chi connectivity index (χ2n) is 7.49. The van der Waals surface area contributed by atoms with Gasteiger partial charge in [0.25, 0.3) is 0 Å². The molecule has 0 spiro atoms. The molecule has 35 heavy (non-hydrogen) atoms. The highest BCUT2D eigenvalue weighted by Crippen LogP contribution is 2.47. The average molecular weight is 520 g/mol. The second kappa shape index (κ2) is 11.5. The van der Waals surface area contributed by atoms with Gasteiger partial charge in [0.15, 0.2) is 5.17 Å². The standard InChI is InChI=1S/C27H26N3O2PS2/c1-2-34-27(28-23-15-7-3-8-16-23)29-35(31,32)30-33(24-17-9-4-10-18-24,25-19-11-5-12-20-25)26-21-13-6-14-22-26/h3-22H,2H2,1H3,(H,28,29). The summed E-state index contributed by atoms with van der Waals surface area (Å²) in [7, 11) is -7.19. The number of benzene rings is 4. The molecule has 0 aliphatic carbocycles. The Bertz CT molecular complexity index is 1330. The fourth-order valence-electron chi connectivity index (χ4n) is 3.66. The Morgan fingerprint density at radius 1 is 0.714 bits per heavy atom. The van der Waals surface area contributed by atoms with E-state index in [1.165, 1.54) is 11.8 Å². The van der Waals surface area contributed by atoms with Gasteiger partial charge < -0.3 is 5.32 Å². The van der Waals surface area contributed by atoms with Crippen molar-refractivity contribution in [3.05, 3.63) is 121 Å². The molecule has 5 nitrogen and oxygen atoms in total. The van der Waals surface area contributed by atoms with E-state index in [4.69, 9.17) is 0 Å². The molecule has 0 unspecified atom stereocenters. The Hall–Kier alpha value is -3.12. The van der Waals surface area contributed by atoms with Crippen molar-refractivity contribution in [2.45, 2.75) is 6.92 Å². The highest BCUT2D eigenvalue weighted by atomic mass is 32.2. The van der Waals surface area contributed by atoms with Gasteiger partial charge in [-0.05, 0) is 17.9 Å². The van der Waals surface area contributed by atoms with E-state index in [9.17, 15) is 8.42 Å². The number of amidine groups is 1. The third kappa shape index (κ3) is 6.12. The first-order valence-electron chi connectivity index (χ1n) is 11.1. The normalized spacial score (nSPS) is 12.2. The van der Waals surface area contributed by atoms with Crippen molar-refractivity contribution >= 4 is 55.8 Å². The third-order valence-corrected chi connectivity index (χ3v) is 11.3. The number of hydrogen-bond acceptors (Lipinski definition) is 3. The Labute approximate surface area is 211 Å². The van der Waals surface area contributed by atoms with Gasteiger partial charge in [-0.1, -0.05) is 128 Å². The SMILES string of the molecule is CCS/C(=N\S(=O)(=O)N=P(c1ccccc1)(c1ccccc1)c1ccccc1)Nc1ccccc1. The van der Waals surface area contributed by atoms with E-state index >= 15 is 0 Å². The molecule has 4 rings (SSSR count). The molecular weight excluding hydrogens is 493 g/mol. The molecule has 0 bridgehead atoms. The van der Waals surface area contributed by atoms with Gasteiger partial charge in [0.05, 0.1) is 7.05 Å². The van der Waals surface area contributed by atoms with E-state index in [1.807, 2.05) is 128 Å². The van der Waals surface area contributed by atoms with Gasteiger partial charge in [0.1, 0.15) is 0 Å². The summed E-state index contributed by atoms with van der Waals surface area (Å²) in [5.41, 5.74) is 0.762. The van der Waals surface area contributed by atoms with Crippen LogP contribution in [0.25, 0.3) is 0 Å². The molecule has 0 atom stereocenters. The topological polar surface area (TPSA) is 70.9 Å². The summed E-state index contributed by atoms with van der Waals surface area (Å²) in [4.78, 5) is 0. The van der Waals surface area contributed by atoms with Crippen molar-refractivity contribution in [2.24, 2.45) is 8.55 Å². The Kier molecular flexibility index (Phi) is 8.24. The summed E-state index contributed by atoms with van der Waals surface area (Å²) in [6.07, 6.45) is 0. The first-order valence-corrected chi connectivity index (χ1v) is 15.3. The van der Waals surface area contributed by atoms with Crippen LogP contribution in [0.4, 0.5) is 5.69 Å². The van der Waals surface area contributed by atoms with E-state index in [2.05, 4.69) is 13.9 Å². The molecule has 0 fully saturated rings. The molecule has 0 aromatic heterocycles. The molecule has 4 aromatic rings. The zero-order valence-corrected chi connectivity index (χ0v) is 21.8. The largest absolute Gasteiger partial charge is 0.365 e. The van der Waals surface area contributed by atoms with Crippen molar-refractivity contribution in [1.82, 2.24) is 0 Å². The van der Waals surface area contributed by atoms with E-state index in [0.717, 1.165) is 21.6 Å². The Morgan fingerprint density at radius 3 is 1.51 bits per heavy atom. The average Bonchev–Trinajstić information content (AvgIpc) is 2.89. The van der Waals surface area contributed by atoms with Crippen LogP contribution < -0.4 is 21.2 Å². The molecule has 0 saturated heterocycles. The van der Waals surface area contributed by atoms with Crippen LogP contribution >= 0.6 is 18.8 Å². The maximum Gasteiger partial charge on any atom is 0.365 e. The van der Waals surface area contributed by atoms with Crippen LogP contribution in [0.5, 0.6) is 0 Å². The van der Waals surface area contributed by atoms with Crippen molar-refractivity contribution in [3.63, 3.8) is 0 Å². The van der Waals surface area contributed by atoms with Gasteiger partial charge in [0.2, 0.25) is 0 Å². The van der Waals surface area contributed by atoms with E-state index in [1.54, 1.807) is 0 Å². The van der Waals surface area contributed by atoms with Gasteiger partial charge in [-0.2, -0.15) is 12.6 Å². The number of nitrogens with one attached hydrogen (secondary N) is 1. The lowest BCUT2D eigenvalue weighted by Crippen LogP contribution is -2.26. The lowest BCUT2D eigenvalue weighted by atomic mass is 10.3. The van der Waals surface area contributed by atoms with Gasteiger partial charge in [-0.15, -0.1) is 4.40 Å². The number of para-hydroxylation sites is 1.